The minimum Gasteiger partial charge on any atom is -0.398 e. The van der Waals surface area contributed by atoms with Crippen LogP contribution in [-0.4, -0.2) is 22.0 Å². The molecule has 0 bridgehead atoms. The average molecular weight is 320 g/mol. The molecule has 122 valence electrons. The van der Waals surface area contributed by atoms with Crippen LogP contribution in [0.25, 0.3) is 11.0 Å². The lowest BCUT2D eigenvalue weighted by Gasteiger charge is -2.20. The summed E-state index contributed by atoms with van der Waals surface area (Å²) >= 11 is 0. The zero-order valence-electron chi connectivity index (χ0n) is 13.9. The first-order chi connectivity index (χ1) is 11.6. The summed E-state index contributed by atoms with van der Waals surface area (Å²) in [5.41, 5.74) is 10.6. The summed E-state index contributed by atoms with van der Waals surface area (Å²) in [6.07, 6.45) is 0.478. The van der Waals surface area contributed by atoms with Gasteiger partial charge in [0, 0.05) is 37.3 Å². The van der Waals surface area contributed by atoms with E-state index in [-0.39, 0.29) is 11.8 Å². The van der Waals surface area contributed by atoms with E-state index in [0.29, 0.717) is 18.7 Å². The highest BCUT2D eigenvalue weighted by molar-refractivity contribution is 5.97. The van der Waals surface area contributed by atoms with Gasteiger partial charge in [0.2, 0.25) is 5.91 Å². The highest BCUT2D eigenvalue weighted by Gasteiger charge is 2.35. The molecule has 0 radical (unpaired) electrons. The molecule has 2 N–H and O–H groups in total. The quantitative estimate of drug-likeness (QED) is 0.738. The van der Waals surface area contributed by atoms with Crippen molar-refractivity contribution in [3.8, 4) is 0 Å². The number of amides is 1. The number of fused-ring (bicyclic) bond motifs is 1. The Morgan fingerprint density at radius 1 is 1.17 bits per heavy atom. The Morgan fingerprint density at radius 3 is 2.75 bits per heavy atom. The molecule has 2 heterocycles. The lowest BCUT2D eigenvalue weighted by Crippen LogP contribution is -2.25. The first kappa shape index (κ1) is 14.8. The molecular weight excluding hydrogens is 300 g/mol. The van der Waals surface area contributed by atoms with E-state index in [9.17, 15) is 4.79 Å². The van der Waals surface area contributed by atoms with E-state index in [1.165, 1.54) is 0 Å². The van der Waals surface area contributed by atoms with Crippen LogP contribution in [0.15, 0.2) is 42.5 Å². The lowest BCUT2D eigenvalue weighted by molar-refractivity contribution is -0.117. The van der Waals surface area contributed by atoms with Gasteiger partial charge in [-0.3, -0.25) is 4.79 Å². The first-order valence-corrected chi connectivity index (χ1v) is 8.13. The number of rotatable bonds is 2. The van der Waals surface area contributed by atoms with Gasteiger partial charge in [-0.15, -0.1) is 0 Å². The first-order valence-electron chi connectivity index (χ1n) is 8.13. The Morgan fingerprint density at radius 2 is 1.96 bits per heavy atom. The summed E-state index contributed by atoms with van der Waals surface area (Å²) in [5.74, 6) is 1.19. The summed E-state index contributed by atoms with van der Waals surface area (Å²) in [4.78, 5) is 19.2. The molecule has 2 aromatic carbocycles. The number of aromatic nitrogens is 2. The maximum Gasteiger partial charge on any atom is 0.227 e. The summed E-state index contributed by atoms with van der Waals surface area (Å²) in [5, 5.41) is 0. The number of carbonyl (C=O) groups excluding carboxylic acids is 1. The van der Waals surface area contributed by atoms with Crippen LogP contribution < -0.4 is 10.6 Å². The molecule has 0 saturated carbocycles. The van der Waals surface area contributed by atoms with Gasteiger partial charge in [-0.1, -0.05) is 18.2 Å². The number of benzene rings is 2. The van der Waals surface area contributed by atoms with Gasteiger partial charge in [0.1, 0.15) is 5.82 Å². The molecule has 1 unspecified atom stereocenters. The molecule has 1 amide bonds. The third-order valence-electron chi connectivity index (χ3n) is 4.95. The van der Waals surface area contributed by atoms with Gasteiger partial charge in [0.05, 0.1) is 11.0 Å². The van der Waals surface area contributed by atoms with E-state index in [1.807, 2.05) is 55.3 Å². The van der Waals surface area contributed by atoms with Crippen molar-refractivity contribution in [2.75, 3.05) is 17.2 Å². The number of nitrogens with two attached hydrogens (primary N) is 1. The molecule has 0 spiro atoms. The number of hydrogen-bond donors (Lipinski definition) is 1. The number of nitrogen functional groups attached to an aromatic ring is 1. The Kier molecular flexibility index (Phi) is 3.30. The van der Waals surface area contributed by atoms with Crippen molar-refractivity contribution < 1.29 is 4.79 Å². The molecule has 3 aromatic rings. The van der Waals surface area contributed by atoms with Crippen LogP contribution in [-0.2, 0) is 11.8 Å². The SMILES string of the molecule is Cc1c(N)cccc1N1CC(c2nc3ccccc3n2C)CC1=O. The molecule has 24 heavy (non-hydrogen) atoms. The van der Waals surface area contributed by atoms with Crippen molar-refractivity contribution in [1.82, 2.24) is 9.55 Å². The number of imidazole rings is 1. The molecule has 1 aromatic heterocycles. The van der Waals surface area contributed by atoms with E-state index in [0.717, 1.165) is 28.1 Å². The molecule has 0 aliphatic carbocycles. The van der Waals surface area contributed by atoms with Gasteiger partial charge in [-0.05, 0) is 36.8 Å². The van der Waals surface area contributed by atoms with Crippen molar-refractivity contribution in [3.05, 3.63) is 53.9 Å². The molecule has 4 rings (SSSR count). The van der Waals surface area contributed by atoms with E-state index in [1.54, 1.807) is 0 Å². The summed E-state index contributed by atoms with van der Waals surface area (Å²) in [6, 6.07) is 13.8. The van der Waals surface area contributed by atoms with Crippen LogP contribution in [0.4, 0.5) is 11.4 Å². The molecule has 1 atom stereocenters. The van der Waals surface area contributed by atoms with Gasteiger partial charge >= 0.3 is 0 Å². The number of para-hydroxylation sites is 2. The van der Waals surface area contributed by atoms with Gasteiger partial charge in [0.25, 0.3) is 0 Å². The number of aryl methyl sites for hydroxylation is 1. The van der Waals surface area contributed by atoms with Crippen LogP contribution in [0.2, 0.25) is 0 Å². The van der Waals surface area contributed by atoms with Crippen molar-refractivity contribution in [2.45, 2.75) is 19.3 Å². The van der Waals surface area contributed by atoms with Gasteiger partial charge in [0.15, 0.2) is 0 Å². The standard InChI is InChI=1S/C19H20N4O/c1-12-14(20)6-5-9-16(12)23-11-13(10-18(23)24)19-21-15-7-3-4-8-17(15)22(19)2/h3-9,13H,10-11,20H2,1-2H3. The Balaban J connectivity index is 1.71. The fourth-order valence-corrected chi connectivity index (χ4v) is 3.58. The molecule has 5 heteroatoms. The monoisotopic (exact) mass is 320 g/mol. The molecule has 1 aliphatic heterocycles. The maximum absolute atomic E-state index is 12.6. The molecule has 1 aliphatic rings. The number of anilines is 2. The maximum atomic E-state index is 12.6. The van der Waals surface area contributed by atoms with Crippen LogP contribution in [0, 0.1) is 6.92 Å². The highest BCUT2D eigenvalue weighted by atomic mass is 16.2. The Labute approximate surface area is 140 Å². The summed E-state index contributed by atoms with van der Waals surface area (Å²) in [6.45, 7) is 2.60. The average Bonchev–Trinajstić information content (AvgIpc) is 3.11. The minimum absolute atomic E-state index is 0.0933. The predicted molar refractivity (Wildman–Crippen MR) is 96.0 cm³/mol. The molecule has 1 fully saturated rings. The second-order valence-electron chi connectivity index (χ2n) is 6.41. The Bertz CT molecular complexity index is 944. The fourth-order valence-electron chi connectivity index (χ4n) is 3.58. The van der Waals surface area contributed by atoms with Crippen LogP contribution in [0.5, 0.6) is 0 Å². The van der Waals surface area contributed by atoms with Crippen LogP contribution in [0.3, 0.4) is 0 Å². The van der Waals surface area contributed by atoms with E-state index in [4.69, 9.17) is 10.7 Å². The Hall–Kier alpha value is -2.82. The van der Waals surface area contributed by atoms with E-state index >= 15 is 0 Å². The fraction of sp³-hybridized carbons (Fsp3) is 0.263. The van der Waals surface area contributed by atoms with Gasteiger partial charge in [-0.25, -0.2) is 4.98 Å². The van der Waals surface area contributed by atoms with E-state index in [2.05, 4.69) is 10.6 Å². The lowest BCUT2D eigenvalue weighted by atomic mass is 10.1. The molecule has 1 saturated heterocycles. The molecule has 5 nitrogen and oxygen atoms in total. The smallest absolute Gasteiger partial charge is 0.227 e. The zero-order chi connectivity index (χ0) is 16.8. The zero-order valence-corrected chi connectivity index (χ0v) is 13.9. The largest absolute Gasteiger partial charge is 0.398 e. The highest BCUT2D eigenvalue weighted by Crippen LogP contribution is 2.35. The number of hydrogen-bond acceptors (Lipinski definition) is 3. The van der Waals surface area contributed by atoms with Crippen molar-refractivity contribution in [1.29, 1.82) is 0 Å². The topological polar surface area (TPSA) is 64.2 Å². The van der Waals surface area contributed by atoms with Gasteiger partial charge in [-0.2, -0.15) is 0 Å². The summed E-state index contributed by atoms with van der Waals surface area (Å²) in [7, 11) is 2.02. The predicted octanol–water partition coefficient (Wildman–Crippen LogP) is 2.98. The van der Waals surface area contributed by atoms with Gasteiger partial charge < -0.3 is 15.2 Å². The third kappa shape index (κ3) is 2.16. The minimum atomic E-state index is 0.0933. The molecular formula is C19H20N4O. The summed E-state index contributed by atoms with van der Waals surface area (Å²) < 4.78 is 2.10. The number of nitrogens with zero attached hydrogens (tertiary/aromatic N) is 3. The van der Waals surface area contributed by atoms with Crippen molar-refractivity contribution in [2.24, 2.45) is 7.05 Å². The van der Waals surface area contributed by atoms with Crippen LogP contribution in [0.1, 0.15) is 23.7 Å². The number of carbonyl (C=O) groups is 1. The van der Waals surface area contributed by atoms with Crippen molar-refractivity contribution >= 4 is 28.3 Å². The second-order valence-corrected chi connectivity index (χ2v) is 6.41. The second kappa shape index (κ2) is 5.37. The third-order valence-corrected chi connectivity index (χ3v) is 4.95. The van der Waals surface area contributed by atoms with Crippen molar-refractivity contribution in [3.63, 3.8) is 0 Å². The van der Waals surface area contributed by atoms with E-state index < -0.39 is 0 Å². The van der Waals surface area contributed by atoms with Crippen LogP contribution >= 0.6 is 0 Å². The normalized spacial score (nSPS) is 17.8.